The summed E-state index contributed by atoms with van der Waals surface area (Å²) in [7, 11) is 2.13. The van der Waals surface area contributed by atoms with Crippen molar-refractivity contribution in [2.24, 2.45) is 5.92 Å². The Bertz CT molecular complexity index is 281. The molecule has 1 aliphatic carbocycles. The van der Waals surface area contributed by atoms with E-state index < -0.39 is 0 Å². The highest BCUT2D eigenvalue weighted by Gasteiger charge is 2.32. The molecule has 1 N–H and O–H groups in total. The Balaban J connectivity index is 1.46. The average Bonchev–Trinajstić information content (AvgIpc) is 3.09. The molecule has 3 unspecified atom stereocenters. The van der Waals surface area contributed by atoms with E-state index >= 15 is 0 Å². The van der Waals surface area contributed by atoms with Crippen LogP contribution >= 0.6 is 0 Å². The second-order valence-electron chi connectivity index (χ2n) is 6.44. The number of nitrogens with one attached hydrogen (secondary N) is 1. The van der Waals surface area contributed by atoms with Crippen molar-refractivity contribution in [3.8, 4) is 0 Å². The lowest BCUT2D eigenvalue weighted by Gasteiger charge is -2.32. The summed E-state index contributed by atoms with van der Waals surface area (Å²) in [5.74, 6) is 0.883. The second kappa shape index (κ2) is 6.53. The molecule has 2 saturated heterocycles. The normalized spacial score (nSPS) is 38.1. The number of likely N-dealkylation sites (tertiary alicyclic amines) is 1. The van der Waals surface area contributed by atoms with E-state index in [1.807, 2.05) is 0 Å². The van der Waals surface area contributed by atoms with Gasteiger partial charge in [0, 0.05) is 38.3 Å². The summed E-state index contributed by atoms with van der Waals surface area (Å²) >= 11 is 0. The smallest absolute Gasteiger partial charge is 0.0594 e. The lowest BCUT2D eigenvalue weighted by Crippen LogP contribution is -2.45. The van der Waals surface area contributed by atoms with Crippen LogP contribution in [-0.2, 0) is 4.74 Å². The summed E-state index contributed by atoms with van der Waals surface area (Å²) in [6, 6.07) is 1.56. The van der Waals surface area contributed by atoms with Gasteiger partial charge in [-0.25, -0.2) is 0 Å². The largest absolute Gasteiger partial charge is 0.379 e. The summed E-state index contributed by atoms with van der Waals surface area (Å²) in [4.78, 5) is 5.36. The Hall–Kier alpha value is -0.160. The average molecular weight is 267 g/mol. The number of hydrogen-bond acceptors (Lipinski definition) is 4. The molecule has 2 heterocycles. The van der Waals surface area contributed by atoms with E-state index in [0.717, 1.165) is 44.3 Å². The SMILES string of the molecule is CNC1CCCC1CN1CCC(N2CCOCC2)C1. The second-order valence-corrected chi connectivity index (χ2v) is 6.44. The Morgan fingerprint density at radius 3 is 2.74 bits per heavy atom. The van der Waals surface area contributed by atoms with E-state index in [1.54, 1.807) is 0 Å². The van der Waals surface area contributed by atoms with Gasteiger partial charge < -0.3 is 15.0 Å². The van der Waals surface area contributed by atoms with Gasteiger partial charge in [0.25, 0.3) is 0 Å². The van der Waals surface area contributed by atoms with Gasteiger partial charge in [0.05, 0.1) is 13.2 Å². The monoisotopic (exact) mass is 267 g/mol. The predicted octanol–water partition coefficient (Wildman–Crippen LogP) is 0.781. The molecular weight excluding hydrogens is 238 g/mol. The first kappa shape index (κ1) is 13.8. The maximum atomic E-state index is 5.46. The molecule has 19 heavy (non-hydrogen) atoms. The number of nitrogens with zero attached hydrogens (tertiary/aromatic N) is 2. The van der Waals surface area contributed by atoms with Crippen LogP contribution in [0.5, 0.6) is 0 Å². The van der Waals surface area contributed by atoms with Gasteiger partial charge in [-0.15, -0.1) is 0 Å². The fourth-order valence-electron chi connectivity index (χ4n) is 4.19. The Morgan fingerprint density at radius 2 is 1.95 bits per heavy atom. The maximum absolute atomic E-state index is 5.46. The van der Waals surface area contributed by atoms with E-state index in [9.17, 15) is 0 Å². The number of hydrogen-bond donors (Lipinski definition) is 1. The van der Waals surface area contributed by atoms with Crippen molar-refractivity contribution in [2.45, 2.75) is 37.8 Å². The third-order valence-electron chi connectivity index (χ3n) is 5.33. The van der Waals surface area contributed by atoms with Crippen molar-refractivity contribution in [3.63, 3.8) is 0 Å². The summed E-state index contributed by atoms with van der Waals surface area (Å²) in [5, 5.41) is 3.51. The highest BCUT2D eigenvalue weighted by molar-refractivity contribution is 4.89. The van der Waals surface area contributed by atoms with Crippen molar-refractivity contribution < 1.29 is 4.74 Å². The lowest BCUT2D eigenvalue weighted by atomic mass is 10.0. The highest BCUT2D eigenvalue weighted by atomic mass is 16.5. The number of morpholine rings is 1. The topological polar surface area (TPSA) is 27.7 Å². The molecule has 3 fully saturated rings. The molecule has 0 bridgehead atoms. The van der Waals surface area contributed by atoms with Crippen LogP contribution in [0.15, 0.2) is 0 Å². The molecule has 1 saturated carbocycles. The standard InChI is InChI=1S/C15H29N3O/c1-16-15-4-2-3-13(15)11-17-6-5-14(12-17)18-7-9-19-10-8-18/h13-16H,2-12H2,1H3. The van der Waals surface area contributed by atoms with Gasteiger partial charge in [0.2, 0.25) is 0 Å². The highest BCUT2D eigenvalue weighted by Crippen LogP contribution is 2.28. The first-order valence-electron chi connectivity index (χ1n) is 8.08. The zero-order valence-corrected chi connectivity index (χ0v) is 12.3. The number of rotatable bonds is 4. The lowest BCUT2D eigenvalue weighted by molar-refractivity contribution is 0.0182. The summed E-state index contributed by atoms with van der Waals surface area (Å²) in [5.41, 5.74) is 0. The Morgan fingerprint density at radius 1 is 1.11 bits per heavy atom. The van der Waals surface area contributed by atoms with Crippen molar-refractivity contribution in [2.75, 3.05) is 53.0 Å². The molecule has 0 aromatic heterocycles. The third-order valence-corrected chi connectivity index (χ3v) is 5.33. The maximum Gasteiger partial charge on any atom is 0.0594 e. The van der Waals surface area contributed by atoms with Crippen molar-refractivity contribution >= 4 is 0 Å². The molecule has 0 aromatic rings. The van der Waals surface area contributed by atoms with Gasteiger partial charge in [0.1, 0.15) is 0 Å². The Labute approximate surface area is 117 Å². The van der Waals surface area contributed by atoms with Crippen LogP contribution in [0.4, 0.5) is 0 Å². The van der Waals surface area contributed by atoms with Gasteiger partial charge >= 0.3 is 0 Å². The minimum absolute atomic E-state index is 0.766. The molecule has 0 radical (unpaired) electrons. The minimum atomic E-state index is 0.766. The zero-order chi connectivity index (χ0) is 13.1. The van der Waals surface area contributed by atoms with Crippen LogP contribution in [0.2, 0.25) is 0 Å². The molecule has 110 valence electrons. The molecular formula is C15H29N3O. The molecule has 2 aliphatic heterocycles. The molecule has 4 heteroatoms. The quantitative estimate of drug-likeness (QED) is 0.815. The third kappa shape index (κ3) is 3.30. The predicted molar refractivity (Wildman–Crippen MR) is 77.4 cm³/mol. The van der Waals surface area contributed by atoms with Crippen LogP contribution in [0.25, 0.3) is 0 Å². The molecule has 0 amide bonds. The van der Waals surface area contributed by atoms with Crippen LogP contribution in [0.3, 0.4) is 0 Å². The van der Waals surface area contributed by atoms with Gasteiger partial charge in [-0.2, -0.15) is 0 Å². The molecule has 0 aromatic carbocycles. The van der Waals surface area contributed by atoms with Gasteiger partial charge in [0.15, 0.2) is 0 Å². The molecule has 0 spiro atoms. The molecule has 4 nitrogen and oxygen atoms in total. The minimum Gasteiger partial charge on any atom is -0.379 e. The van der Waals surface area contributed by atoms with Crippen LogP contribution in [0.1, 0.15) is 25.7 Å². The van der Waals surface area contributed by atoms with Crippen molar-refractivity contribution in [1.82, 2.24) is 15.1 Å². The zero-order valence-electron chi connectivity index (χ0n) is 12.3. The molecule has 3 rings (SSSR count). The van der Waals surface area contributed by atoms with E-state index in [2.05, 4.69) is 22.2 Å². The van der Waals surface area contributed by atoms with E-state index in [1.165, 1.54) is 45.3 Å². The summed E-state index contributed by atoms with van der Waals surface area (Å²) in [6.45, 7) is 8.04. The van der Waals surface area contributed by atoms with Gasteiger partial charge in [-0.3, -0.25) is 4.90 Å². The fourth-order valence-corrected chi connectivity index (χ4v) is 4.19. The van der Waals surface area contributed by atoms with Crippen molar-refractivity contribution in [1.29, 1.82) is 0 Å². The van der Waals surface area contributed by atoms with Crippen LogP contribution in [0, 0.1) is 5.92 Å². The molecule has 3 aliphatic rings. The summed E-state index contributed by atoms with van der Waals surface area (Å²) < 4.78 is 5.46. The van der Waals surface area contributed by atoms with Crippen molar-refractivity contribution in [3.05, 3.63) is 0 Å². The first-order chi connectivity index (χ1) is 9.36. The Kier molecular flexibility index (Phi) is 4.74. The molecule has 3 atom stereocenters. The fraction of sp³-hybridized carbons (Fsp3) is 1.00. The van der Waals surface area contributed by atoms with Crippen LogP contribution in [-0.4, -0.2) is 74.9 Å². The van der Waals surface area contributed by atoms with Crippen LogP contribution < -0.4 is 5.32 Å². The van der Waals surface area contributed by atoms with Gasteiger partial charge in [-0.1, -0.05) is 6.42 Å². The number of ether oxygens (including phenoxy) is 1. The first-order valence-corrected chi connectivity index (χ1v) is 8.08. The van der Waals surface area contributed by atoms with E-state index in [-0.39, 0.29) is 0 Å². The summed E-state index contributed by atoms with van der Waals surface area (Å²) in [6.07, 6.45) is 5.57. The van der Waals surface area contributed by atoms with Gasteiger partial charge in [-0.05, 0) is 38.8 Å². The van der Waals surface area contributed by atoms with E-state index in [0.29, 0.717) is 0 Å². The van der Waals surface area contributed by atoms with E-state index in [4.69, 9.17) is 4.74 Å².